The summed E-state index contributed by atoms with van der Waals surface area (Å²) in [4.78, 5) is 36.4. The average Bonchev–Trinajstić information content (AvgIpc) is 3.74. The van der Waals surface area contributed by atoms with Crippen molar-refractivity contribution in [2.24, 2.45) is 11.8 Å². The highest BCUT2D eigenvalue weighted by atomic mass is 16.6. The van der Waals surface area contributed by atoms with E-state index in [9.17, 15) is 14.9 Å². The third-order valence-electron chi connectivity index (χ3n) is 8.23. The number of carbonyl (C=O) groups is 2. The van der Waals surface area contributed by atoms with Gasteiger partial charge in [-0.3, -0.25) is 4.79 Å². The molecule has 1 aromatic heterocycles. The number of rotatable bonds is 4. The molecule has 212 valence electrons. The summed E-state index contributed by atoms with van der Waals surface area (Å²) < 4.78 is 5.63. The number of aromatic nitrogens is 1. The summed E-state index contributed by atoms with van der Waals surface area (Å²) >= 11 is 0. The van der Waals surface area contributed by atoms with Crippen molar-refractivity contribution < 1.29 is 14.3 Å². The van der Waals surface area contributed by atoms with E-state index in [4.69, 9.17) is 4.74 Å². The van der Waals surface area contributed by atoms with Gasteiger partial charge in [0.1, 0.15) is 17.5 Å². The van der Waals surface area contributed by atoms with Gasteiger partial charge in [0.25, 0.3) is 0 Å². The van der Waals surface area contributed by atoms with E-state index < -0.39 is 5.60 Å². The largest absolute Gasteiger partial charge is 0.444 e. The van der Waals surface area contributed by atoms with E-state index in [1.54, 1.807) is 24.1 Å². The minimum atomic E-state index is -0.532. The smallest absolute Gasteiger partial charge is 0.410 e. The Hall–Kier alpha value is -3.80. The molecule has 1 saturated carbocycles. The van der Waals surface area contributed by atoms with Crippen LogP contribution < -0.4 is 15.1 Å². The van der Waals surface area contributed by atoms with Crippen LogP contribution in [-0.2, 0) is 9.53 Å². The average molecular weight is 545 g/mol. The number of nitrogens with zero attached hydrogens (tertiary/aromatic N) is 5. The molecular formula is C31H40N6O3. The highest BCUT2D eigenvalue weighted by molar-refractivity contribution is 5.94. The van der Waals surface area contributed by atoms with E-state index in [0.29, 0.717) is 36.9 Å². The van der Waals surface area contributed by atoms with Crippen LogP contribution in [-0.4, -0.2) is 59.2 Å². The normalized spacial score (nSPS) is 24.7. The number of hydrogen-bond donors (Lipinski definition) is 1. The van der Waals surface area contributed by atoms with Crippen molar-refractivity contribution in [2.45, 2.75) is 78.1 Å². The number of amides is 2. The van der Waals surface area contributed by atoms with Gasteiger partial charge in [-0.05, 0) is 76.8 Å². The fourth-order valence-corrected chi connectivity index (χ4v) is 6.24. The maximum absolute atomic E-state index is 13.0. The van der Waals surface area contributed by atoms with Crippen molar-refractivity contribution in [2.75, 3.05) is 34.8 Å². The Labute approximate surface area is 237 Å². The number of nitriles is 1. The van der Waals surface area contributed by atoms with Gasteiger partial charge in [0.05, 0.1) is 11.6 Å². The van der Waals surface area contributed by atoms with Gasteiger partial charge in [0, 0.05) is 67.7 Å². The maximum atomic E-state index is 13.0. The second-order valence-corrected chi connectivity index (χ2v) is 12.5. The first kappa shape index (κ1) is 27.8. The van der Waals surface area contributed by atoms with Crippen LogP contribution in [0.5, 0.6) is 0 Å². The second-order valence-electron chi connectivity index (χ2n) is 12.5. The first-order valence-electron chi connectivity index (χ1n) is 14.3. The predicted octanol–water partition coefficient (Wildman–Crippen LogP) is 5.33. The fourth-order valence-electron chi connectivity index (χ4n) is 6.24. The number of anilines is 3. The van der Waals surface area contributed by atoms with Gasteiger partial charge in [0.2, 0.25) is 5.91 Å². The third-order valence-corrected chi connectivity index (χ3v) is 8.23. The lowest BCUT2D eigenvalue weighted by atomic mass is 9.79. The zero-order valence-electron chi connectivity index (χ0n) is 24.3. The second kappa shape index (κ2) is 10.6. The van der Waals surface area contributed by atoms with E-state index in [2.05, 4.69) is 53.3 Å². The molecule has 1 unspecified atom stereocenters. The number of fused-ring (bicyclic) bond motifs is 1. The highest BCUT2D eigenvalue weighted by Gasteiger charge is 2.47. The van der Waals surface area contributed by atoms with Crippen LogP contribution in [0.15, 0.2) is 36.5 Å². The summed E-state index contributed by atoms with van der Waals surface area (Å²) in [6, 6.07) is 12.2. The molecule has 2 fully saturated rings. The molecule has 1 N–H and O–H groups in total. The molecule has 1 saturated heterocycles. The Balaban J connectivity index is 1.45. The number of piperazine rings is 1. The van der Waals surface area contributed by atoms with Gasteiger partial charge >= 0.3 is 6.09 Å². The summed E-state index contributed by atoms with van der Waals surface area (Å²) in [6.45, 7) is 13.5. The zero-order chi connectivity index (χ0) is 28.8. The number of hydrogen-bond acceptors (Lipinski definition) is 7. The van der Waals surface area contributed by atoms with Crippen LogP contribution in [0.1, 0.15) is 71.6 Å². The van der Waals surface area contributed by atoms with Gasteiger partial charge in [-0.1, -0.05) is 6.92 Å². The van der Waals surface area contributed by atoms with Crippen LogP contribution in [0.2, 0.25) is 0 Å². The van der Waals surface area contributed by atoms with Gasteiger partial charge in [0.15, 0.2) is 0 Å². The number of ether oxygens (including phenoxy) is 1. The predicted molar refractivity (Wildman–Crippen MR) is 155 cm³/mol. The lowest BCUT2D eigenvalue weighted by molar-refractivity contribution is -0.117. The fraction of sp³-hybridized carbons (Fsp3) is 0.548. The van der Waals surface area contributed by atoms with Crippen molar-refractivity contribution in [3.8, 4) is 6.07 Å². The molecule has 5 rings (SSSR count). The van der Waals surface area contributed by atoms with Crippen molar-refractivity contribution in [3.63, 3.8) is 0 Å². The van der Waals surface area contributed by atoms with Crippen molar-refractivity contribution in [1.29, 1.82) is 5.26 Å². The van der Waals surface area contributed by atoms with Crippen molar-refractivity contribution in [3.05, 3.63) is 47.7 Å². The first-order chi connectivity index (χ1) is 19.0. The molecule has 1 aromatic carbocycles. The summed E-state index contributed by atoms with van der Waals surface area (Å²) in [5.74, 6) is 1.41. The lowest BCUT2D eigenvalue weighted by Gasteiger charge is -2.46. The lowest BCUT2D eigenvalue weighted by Crippen LogP contribution is -2.55. The van der Waals surface area contributed by atoms with Crippen LogP contribution in [0.4, 0.5) is 22.0 Å². The minimum absolute atomic E-state index is 0.0108. The summed E-state index contributed by atoms with van der Waals surface area (Å²) in [5.41, 5.74) is 3.05. The monoisotopic (exact) mass is 544 g/mol. The molecule has 9 heteroatoms. The number of benzene rings is 1. The molecule has 2 amide bonds. The van der Waals surface area contributed by atoms with Gasteiger partial charge in [-0.2, -0.15) is 5.26 Å². The standard InChI is InChI=1S/C31H40N6O3/c1-19-18-35(13-14-36(19)30(39)40-31(4,5)6)24-10-11-26-25(15-24)28(34-27-12-7-22(16-32)17-33-27)20(2)29(23-8-9-23)37(26)21(3)38/h7,10-12,15,17,19-20,23,28-29H,8-9,13-14,18H2,1-6H3,(H,33,34)/t19?,20-,28-,29-/m1/s1. The first-order valence-corrected chi connectivity index (χ1v) is 14.3. The Kier molecular flexibility index (Phi) is 7.38. The van der Waals surface area contributed by atoms with Crippen LogP contribution in [0.3, 0.4) is 0 Å². The van der Waals surface area contributed by atoms with Gasteiger partial charge < -0.3 is 24.8 Å². The van der Waals surface area contributed by atoms with E-state index in [-0.39, 0.29) is 36.0 Å². The number of pyridine rings is 1. The summed E-state index contributed by atoms with van der Waals surface area (Å²) in [7, 11) is 0. The van der Waals surface area contributed by atoms with E-state index >= 15 is 0 Å². The molecule has 2 aromatic rings. The molecule has 9 nitrogen and oxygen atoms in total. The quantitative estimate of drug-likeness (QED) is 0.555. The highest BCUT2D eigenvalue weighted by Crippen LogP contribution is 2.50. The third kappa shape index (κ3) is 5.58. The SMILES string of the molecule is CC(=O)N1c2ccc(N3CCN(C(=O)OC(C)(C)C)C(C)C3)cc2[C@H](Nc2ccc(C#N)cn2)[C@@H](C)[C@@H]1C1CC1. The van der Waals surface area contributed by atoms with Crippen molar-refractivity contribution >= 4 is 29.2 Å². The van der Waals surface area contributed by atoms with E-state index in [1.807, 2.05) is 31.7 Å². The Bertz CT molecular complexity index is 1310. The molecule has 3 heterocycles. The topological polar surface area (TPSA) is 102 Å². The summed E-state index contributed by atoms with van der Waals surface area (Å²) in [5, 5.41) is 12.8. The molecule has 2 aliphatic heterocycles. The molecule has 3 aliphatic rings. The molecule has 4 atom stereocenters. The Morgan fingerprint density at radius 2 is 1.88 bits per heavy atom. The zero-order valence-corrected chi connectivity index (χ0v) is 24.3. The molecular weight excluding hydrogens is 504 g/mol. The molecule has 0 radical (unpaired) electrons. The molecule has 0 spiro atoms. The Morgan fingerprint density at radius 3 is 2.45 bits per heavy atom. The summed E-state index contributed by atoms with van der Waals surface area (Å²) in [6.07, 6.45) is 3.57. The van der Waals surface area contributed by atoms with E-state index in [1.165, 1.54) is 0 Å². The van der Waals surface area contributed by atoms with Gasteiger partial charge in [-0.25, -0.2) is 9.78 Å². The molecule has 40 heavy (non-hydrogen) atoms. The Morgan fingerprint density at radius 1 is 1.12 bits per heavy atom. The van der Waals surface area contributed by atoms with E-state index in [0.717, 1.165) is 29.8 Å². The number of carbonyl (C=O) groups excluding carboxylic acids is 2. The molecule has 1 aliphatic carbocycles. The van der Waals surface area contributed by atoms with Crippen molar-refractivity contribution in [1.82, 2.24) is 9.88 Å². The minimum Gasteiger partial charge on any atom is -0.444 e. The van der Waals surface area contributed by atoms with Crippen LogP contribution in [0, 0.1) is 23.2 Å². The van der Waals surface area contributed by atoms with Crippen LogP contribution in [0.25, 0.3) is 0 Å². The maximum Gasteiger partial charge on any atom is 0.410 e. The van der Waals surface area contributed by atoms with Gasteiger partial charge in [-0.15, -0.1) is 0 Å². The molecule has 0 bridgehead atoms. The number of nitrogens with one attached hydrogen (secondary N) is 1. The van der Waals surface area contributed by atoms with Crippen LogP contribution >= 0.6 is 0 Å².